The van der Waals surface area contributed by atoms with Crippen LogP contribution in [0.4, 0.5) is 11.5 Å². The van der Waals surface area contributed by atoms with Crippen LogP contribution >= 0.6 is 0 Å². The monoisotopic (exact) mass is 353 g/mol. The first-order valence-corrected chi connectivity index (χ1v) is 8.81. The van der Waals surface area contributed by atoms with E-state index in [9.17, 15) is 4.79 Å². The molecule has 0 unspecified atom stereocenters. The molecule has 1 aromatic carbocycles. The Hall–Kier alpha value is -2.82. The number of anilines is 2. The summed E-state index contributed by atoms with van der Waals surface area (Å²) in [5.74, 6) is 0.403. The molecule has 5 nitrogen and oxygen atoms in total. The number of hydrogen-bond donors (Lipinski definition) is 1. The standard InChI is InChI=1S/C21H27N3O2/c1-5-17(11-21(25)26-4)19-12-18(22)13-20(23-19)24(15(2)3)14-16-9-7-6-8-10-16/h6-13,15H,5,14H2,1-4H3,(H2,22,23)/b17-11+. The van der Waals surface area contributed by atoms with Crippen molar-refractivity contribution in [2.75, 3.05) is 17.7 Å². The first-order valence-electron chi connectivity index (χ1n) is 8.81. The summed E-state index contributed by atoms with van der Waals surface area (Å²) in [5.41, 5.74) is 9.46. The number of methoxy groups -OCH3 is 1. The molecule has 2 aromatic rings. The molecule has 0 atom stereocenters. The van der Waals surface area contributed by atoms with Gasteiger partial charge in [-0.05, 0) is 37.5 Å². The van der Waals surface area contributed by atoms with Crippen LogP contribution < -0.4 is 10.6 Å². The van der Waals surface area contributed by atoms with Crippen LogP contribution in [0, 0.1) is 0 Å². The quantitative estimate of drug-likeness (QED) is 0.601. The van der Waals surface area contributed by atoms with E-state index in [1.807, 2.05) is 31.2 Å². The van der Waals surface area contributed by atoms with Gasteiger partial charge in [-0.15, -0.1) is 0 Å². The molecule has 0 aliphatic heterocycles. The molecule has 0 aliphatic rings. The molecule has 0 amide bonds. The molecule has 1 aromatic heterocycles. The minimum atomic E-state index is -0.391. The number of pyridine rings is 1. The van der Waals surface area contributed by atoms with Gasteiger partial charge in [0.1, 0.15) is 5.82 Å². The normalized spacial score (nSPS) is 11.5. The fourth-order valence-corrected chi connectivity index (χ4v) is 2.71. The fourth-order valence-electron chi connectivity index (χ4n) is 2.71. The molecule has 138 valence electrons. The summed E-state index contributed by atoms with van der Waals surface area (Å²) < 4.78 is 4.74. The molecular weight excluding hydrogens is 326 g/mol. The van der Waals surface area contributed by atoms with Crippen molar-refractivity contribution in [2.24, 2.45) is 0 Å². The van der Waals surface area contributed by atoms with Gasteiger partial charge in [0.15, 0.2) is 0 Å². The fraction of sp³-hybridized carbons (Fsp3) is 0.333. The number of carbonyl (C=O) groups excluding carboxylic acids is 1. The van der Waals surface area contributed by atoms with E-state index in [1.165, 1.54) is 18.7 Å². The summed E-state index contributed by atoms with van der Waals surface area (Å²) in [6, 6.07) is 14.2. The van der Waals surface area contributed by atoms with E-state index in [2.05, 4.69) is 30.9 Å². The Kier molecular flexibility index (Phi) is 6.78. The van der Waals surface area contributed by atoms with Crippen LogP contribution in [0.25, 0.3) is 5.57 Å². The summed E-state index contributed by atoms with van der Waals surface area (Å²) in [7, 11) is 1.37. The second-order valence-corrected chi connectivity index (χ2v) is 6.40. The zero-order valence-corrected chi connectivity index (χ0v) is 15.9. The first-order chi connectivity index (χ1) is 12.4. The van der Waals surface area contributed by atoms with Crippen LogP contribution in [0.3, 0.4) is 0 Å². The average molecular weight is 353 g/mol. The van der Waals surface area contributed by atoms with Crippen LogP contribution in [-0.4, -0.2) is 24.1 Å². The van der Waals surface area contributed by atoms with Crippen molar-refractivity contribution >= 4 is 23.0 Å². The number of hydrogen-bond acceptors (Lipinski definition) is 5. The Morgan fingerprint density at radius 2 is 1.96 bits per heavy atom. The number of nitrogen functional groups attached to an aromatic ring is 1. The summed E-state index contributed by atoms with van der Waals surface area (Å²) in [6.45, 7) is 6.96. The Balaban J connectivity index is 2.42. The maximum absolute atomic E-state index is 11.6. The van der Waals surface area contributed by atoms with Gasteiger partial charge in [0.2, 0.25) is 0 Å². The summed E-state index contributed by atoms with van der Waals surface area (Å²) >= 11 is 0. The summed E-state index contributed by atoms with van der Waals surface area (Å²) in [6.07, 6.45) is 2.13. The molecule has 0 saturated carbocycles. The molecule has 5 heteroatoms. The number of aromatic nitrogens is 1. The third-order valence-corrected chi connectivity index (χ3v) is 4.15. The molecule has 0 radical (unpaired) electrons. The zero-order chi connectivity index (χ0) is 19.1. The topological polar surface area (TPSA) is 68.5 Å². The second-order valence-electron chi connectivity index (χ2n) is 6.40. The Labute approximate surface area is 155 Å². The van der Waals surface area contributed by atoms with Crippen molar-refractivity contribution in [3.63, 3.8) is 0 Å². The summed E-state index contributed by atoms with van der Waals surface area (Å²) in [4.78, 5) is 18.6. The lowest BCUT2D eigenvalue weighted by molar-refractivity contribution is -0.134. The number of allylic oxidation sites excluding steroid dienone is 1. The Bertz CT molecular complexity index is 770. The highest BCUT2D eigenvalue weighted by atomic mass is 16.5. The smallest absolute Gasteiger partial charge is 0.330 e. The lowest BCUT2D eigenvalue weighted by Crippen LogP contribution is -2.31. The highest BCUT2D eigenvalue weighted by Gasteiger charge is 2.15. The zero-order valence-electron chi connectivity index (χ0n) is 15.9. The van der Waals surface area contributed by atoms with Gasteiger partial charge < -0.3 is 15.4 Å². The lowest BCUT2D eigenvalue weighted by Gasteiger charge is -2.29. The predicted octanol–water partition coefficient (Wildman–Crippen LogP) is 4.05. The maximum atomic E-state index is 11.6. The van der Waals surface area contributed by atoms with E-state index in [0.29, 0.717) is 17.8 Å². The van der Waals surface area contributed by atoms with Crippen LogP contribution in [0.5, 0.6) is 0 Å². The van der Waals surface area contributed by atoms with Gasteiger partial charge in [-0.25, -0.2) is 9.78 Å². The van der Waals surface area contributed by atoms with E-state index in [4.69, 9.17) is 15.5 Å². The van der Waals surface area contributed by atoms with Crippen LogP contribution in [0.2, 0.25) is 0 Å². The third kappa shape index (κ3) is 5.09. The number of nitrogens with zero attached hydrogens (tertiary/aromatic N) is 2. The van der Waals surface area contributed by atoms with Crippen LogP contribution in [-0.2, 0) is 16.1 Å². The predicted molar refractivity (Wildman–Crippen MR) is 107 cm³/mol. The second kappa shape index (κ2) is 9.04. The van der Waals surface area contributed by atoms with Gasteiger partial charge in [-0.1, -0.05) is 37.3 Å². The van der Waals surface area contributed by atoms with Gasteiger partial charge in [0.05, 0.1) is 12.8 Å². The number of nitrogens with two attached hydrogens (primary N) is 1. The van der Waals surface area contributed by atoms with E-state index in [0.717, 1.165) is 17.9 Å². The van der Waals surface area contributed by atoms with E-state index >= 15 is 0 Å². The lowest BCUT2D eigenvalue weighted by atomic mass is 10.1. The highest BCUT2D eigenvalue weighted by molar-refractivity contribution is 5.91. The molecule has 0 spiro atoms. The van der Waals surface area contributed by atoms with Crippen LogP contribution in [0.15, 0.2) is 48.5 Å². The van der Waals surface area contributed by atoms with Crippen molar-refractivity contribution in [1.82, 2.24) is 4.98 Å². The van der Waals surface area contributed by atoms with Crippen molar-refractivity contribution in [3.05, 3.63) is 59.8 Å². The van der Waals surface area contributed by atoms with E-state index < -0.39 is 5.97 Å². The Morgan fingerprint density at radius 3 is 2.54 bits per heavy atom. The molecular formula is C21H27N3O2. The van der Waals surface area contributed by atoms with Crippen molar-refractivity contribution in [2.45, 2.75) is 39.8 Å². The molecule has 1 heterocycles. The van der Waals surface area contributed by atoms with Crippen molar-refractivity contribution < 1.29 is 9.53 Å². The largest absolute Gasteiger partial charge is 0.466 e. The minimum absolute atomic E-state index is 0.243. The maximum Gasteiger partial charge on any atom is 0.330 e. The number of carbonyl (C=O) groups is 1. The molecule has 0 fully saturated rings. The molecule has 2 N–H and O–H groups in total. The van der Waals surface area contributed by atoms with Crippen LogP contribution in [0.1, 0.15) is 38.4 Å². The van der Waals surface area contributed by atoms with E-state index in [-0.39, 0.29) is 6.04 Å². The minimum Gasteiger partial charge on any atom is -0.466 e. The van der Waals surface area contributed by atoms with Gasteiger partial charge in [-0.3, -0.25) is 0 Å². The number of rotatable bonds is 7. The van der Waals surface area contributed by atoms with Crippen molar-refractivity contribution in [1.29, 1.82) is 0 Å². The van der Waals surface area contributed by atoms with E-state index in [1.54, 1.807) is 6.07 Å². The molecule has 0 saturated heterocycles. The van der Waals surface area contributed by atoms with Gasteiger partial charge in [0, 0.05) is 30.4 Å². The average Bonchev–Trinajstić information content (AvgIpc) is 2.63. The number of benzene rings is 1. The molecule has 0 aliphatic carbocycles. The van der Waals surface area contributed by atoms with Gasteiger partial charge in [-0.2, -0.15) is 0 Å². The first kappa shape index (κ1) is 19.5. The summed E-state index contributed by atoms with van der Waals surface area (Å²) in [5, 5.41) is 0. The van der Waals surface area contributed by atoms with Gasteiger partial charge >= 0.3 is 5.97 Å². The van der Waals surface area contributed by atoms with Crippen molar-refractivity contribution in [3.8, 4) is 0 Å². The molecule has 26 heavy (non-hydrogen) atoms. The SMILES string of the molecule is CC/C(=C\C(=O)OC)c1cc(N)cc(N(Cc2ccccc2)C(C)C)n1. The third-order valence-electron chi connectivity index (χ3n) is 4.15. The molecule has 2 rings (SSSR count). The van der Waals surface area contributed by atoms with Gasteiger partial charge in [0.25, 0.3) is 0 Å². The highest BCUT2D eigenvalue weighted by Crippen LogP contribution is 2.26. The Morgan fingerprint density at radius 1 is 1.27 bits per heavy atom. The number of esters is 1. The molecule has 0 bridgehead atoms. The number of ether oxygens (including phenoxy) is 1.